The predicted octanol–water partition coefficient (Wildman–Crippen LogP) is 3.98. The van der Waals surface area contributed by atoms with Crippen molar-refractivity contribution in [1.29, 1.82) is 0 Å². The highest BCUT2D eigenvalue weighted by molar-refractivity contribution is 7.99. The minimum atomic E-state index is 0.744. The fourth-order valence-corrected chi connectivity index (χ4v) is 4.77. The van der Waals surface area contributed by atoms with Crippen molar-refractivity contribution in [2.24, 2.45) is 0 Å². The molecule has 1 saturated carbocycles. The van der Waals surface area contributed by atoms with E-state index < -0.39 is 0 Å². The number of nitrogens with one attached hydrogen (secondary N) is 1. The lowest BCUT2D eigenvalue weighted by Crippen LogP contribution is -2.37. The van der Waals surface area contributed by atoms with Gasteiger partial charge in [-0.15, -0.1) is 0 Å². The summed E-state index contributed by atoms with van der Waals surface area (Å²) in [6.07, 6.45) is 10.5. The molecule has 0 spiro atoms. The number of fused-ring (bicyclic) bond motifs is 1. The molecule has 1 aromatic carbocycles. The molecule has 2 heteroatoms. The summed E-state index contributed by atoms with van der Waals surface area (Å²) in [4.78, 5) is 0. The summed E-state index contributed by atoms with van der Waals surface area (Å²) in [5.41, 5.74) is 3.20. The van der Waals surface area contributed by atoms with Crippen molar-refractivity contribution >= 4 is 11.8 Å². The van der Waals surface area contributed by atoms with Gasteiger partial charge in [-0.2, -0.15) is 11.8 Å². The van der Waals surface area contributed by atoms with Gasteiger partial charge in [0.1, 0.15) is 0 Å². The van der Waals surface area contributed by atoms with Gasteiger partial charge in [-0.25, -0.2) is 0 Å². The average Bonchev–Trinajstić information content (AvgIpc) is 2.92. The Morgan fingerprint density at radius 1 is 1.16 bits per heavy atom. The van der Waals surface area contributed by atoms with Crippen LogP contribution in [0.1, 0.15) is 49.1 Å². The van der Waals surface area contributed by atoms with Crippen LogP contribution in [0.15, 0.2) is 24.3 Å². The quantitative estimate of drug-likeness (QED) is 0.892. The van der Waals surface area contributed by atoms with Crippen molar-refractivity contribution < 1.29 is 0 Å². The molecule has 1 N–H and O–H groups in total. The average molecular weight is 275 g/mol. The van der Waals surface area contributed by atoms with Gasteiger partial charge in [0.25, 0.3) is 0 Å². The Labute approximate surface area is 121 Å². The van der Waals surface area contributed by atoms with Crippen molar-refractivity contribution in [2.45, 2.75) is 55.7 Å². The van der Waals surface area contributed by atoms with Gasteiger partial charge in [-0.05, 0) is 55.4 Å². The first kappa shape index (κ1) is 13.5. The third-order valence-corrected chi connectivity index (χ3v) is 6.05. The van der Waals surface area contributed by atoms with Gasteiger partial charge < -0.3 is 5.32 Å². The molecule has 1 fully saturated rings. The second-order valence-corrected chi connectivity index (χ2v) is 7.08. The lowest BCUT2D eigenvalue weighted by atomic mass is 9.83. The Morgan fingerprint density at radius 3 is 2.95 bits per heavy atom. The number of benzene rings is 1. The molecule has 0 radical (unpaired) electrons. The van der Waals surface area contributed by atoms with Crippen molar-refractivity contribution in [1.82, 2.24) is 5.32 Å². The zero-order valence-electron chi connectivity index (χ0n) is 11.9. The van der Waals surface area contributed by atoms with Gasteiger partial charge >= 0.3 is 0 Å². The first-order chi connectivity index (χ1) is 9.38. The maximum Gasteiger partial charge on any atom is 0.0198 e. The van der Waals surface area contributed by atoms with Crippen LogP contribution in [-0.4, -0.2) is 24.1 Å². The highest BCUT2D eigenvalue weighted by Crippen LogP contribution is 2.32. The van der Waals surface area contributed by atoms with E-state index in [1.807, 2.05) is 0 Å². The smallest absolute Gasteiger partial charge is 0.0198 e. The summed E-state index contributed by atoms with van der Waals surface area (Å²) in [5, 5.41) is 4.72. The van der Waals surface area contributed by atoms with Gasteiger partial charge in [-0.3, -0.25) is 0 Å². The Balaban J connectivity index is 1.62. The summed E-state index contributed by atoms with van der Waals surface area (Å²) in [5.74, 6) is 0.744. The van der Waals surface area contributed by atoms with Crippen LogP contribution in [-0.2, 0) is 6.42 Å². The molecule has 3 atom stereocenters. The summed E-state index contributed by atoms with van der Waals surface area (Å²) in [6.45, 7) is 1.18. The number of hydrogen-bond acceptors (Lipinski definition) is 2. The summed E-state index contributed by atoms with van der Waals surface area (Å²) in [7, 11) is 0. The molecule has 3 unspecified atom stereocenters. The van der Waals surface area contributed by atoms with Gasteiger partial charge in [-0.1, -0.05) is 30.7 Å². The lowest BCUT2D eigenvalue weighted by molar-refractivity contribution is 0.458. The van der Waals surface area contributed by atoms with Crippen LogP contribution in [0, 0.1) is 0 Å². The Hall–Kier alpha value is -0.470. The van der Waals surface area contributed by atoms with E-state index in [2.05, 4.69) is 47.6 Å². The zero-order valence-corrected chi connectivity index (χ0v) is 12.7. The second kappa shape index (κ2) is 6.32. The lowest BCUT2D eigenvalue weighted by Gasteiger charge is -2.28. The summed E-state index contributed by atoms with van der Waals surface area (Å²) < 4.78 is 0. The molecule has 1 nitrogen and oxygen atoms in total. The molecule has 0 heterocycles. The molecule has 1 aromatic rings. The molecule has 0 bridgehead atoms. The van der Waals surface area contributed by atoms with Crippen LogP contribution in [0.2, 0.25) is 0 Å². The topological polar surface area (TPSA) is 12.0 Å². The monoisotopic (exact) mass is 275 g/mol. The number of rotatable bonds is 4. The molecular formula is C17H25NS. The van der Waals surface area contributed by atoms with E-state index in [4.69, 9.17) is 0 Å². The highest BCUT2D eigenvalue weighted by atomic mass is 32.2. The molecule has 0 aliphatic heterocycles. The second-order valence-electron chi connectivity index (χ2n) is 6.01. The standard InChI is InChI=1S/C17H25NS/c1-19-17-11-5-10-16(17)18-12-14-8-4-7-13-6-2-3-9-15(13)14/h2-3,6,9,14,16-18H,4-5,7-8,10-12H2,1H3. The van der Waals surface area contributed by atoms with Crippen LogP contribution < -0.4 is 5.32 Å². The van der Waals surface area contributed by atoms with Crippen molar-refractivity contribution in [3.8, 4) is 0 Å². The third kappa shape index (κ3) is 3.00. The molecule has 0 aromatic heterocycles. The van der Waals surface area contributed by atoms with Crippen LogP contribution >= 0.6 is 11.8 Å². The molecule has 2 aliphatic rings. The summed E-state index contributed by atoms with van der Waals surface area (Å²) >= 11 is 2.05. The molecular weight excluding hydrogens is 250 g/mol. The van der Waals surface area contributed by atoms with E-state index in [9.17, 15) is 0 Å². The van der Waals surface area contributed by atoms with E-state index in [1.54, 1.807) is 11.1 Å². The van der Waals surface area contributed by atoms with Crippen molar-refractivity contribution in [2.75, 3.05) is 12.8 Å². The fourth-order valence-electron chi connectivity index (χ4n) is 3.80. The normalized spacial score (nSPS) is 30.3. The van der Waals surface area contributed by atoms with Crippen molar-refractivity contribution in [3.05, 3.63) is 35.4 Å². The minimum Gasteiger partial charge on any atom is -0.312 e. The van der Waals surface area contributed by atoms with Crippen molar-refractivity contribution in [3.63, 3.8) is 0 Å². The maximum atomic E-state index is 3.87. The molecule has 3 rings (SSSR count). The highest BCUT2D eigenvalue weighted by Gasteiger charge is 2.27. The van der Waals surface area contributed by atoms with Crippen LogP contribution in [0.4, 0.5) is 0 Å². The predicted molar refractivity (Wildman–Crippen MR) is 85.1 cm³/mol. The Morgan fingerprint density at radius 2 is 2.05 bits per heavy atom. The van der Waals surface area contributed by atoms with E-state index in [0.29, 0.717) is 0 Å². The first-order valence-corrected chi connectivity index (χ1v) is 9.01. The van der Waals surface area contributed by atoms with Gasteiger partial charge in [0.05, 0.1) is 0 Å². The molecule has 2 aliphatic carbocycles. The van der Waals surface area contributed by atoms with E-state index >= 15 is 0 Å². The summed E-state index contributed by atoms with van der Waals surface area (Å²) in [6, 6.07) is 9.82. The van der Waals surface area contributed by atoms with Gasteiger partial charge in [0.2, 0.25) is 0 Å². The maximum absolute atomic E-state index is 3.87. The Bertz CT molecular complexity index is 417. The number of thioether (sulfide) groups is 1. The van der Waals surface area contributed by atoms with Gasteiger partial charge in [0.15, 0.2) is 0 Å². The van der Waals surface area contributed by atoms with Crippen LogP contribution in [0.25, 0.3) is 0 Å². The zero-order chi connectivity index (χ0) is 13.1. The number of hydrogen-bond donors (Lipinski definition) is 1. The fraction of sp³-hybridized carbons (Fsp3) is 0.647. The Kier molecular flexibility index (Phi) is 4.49. The first-order valence-electron chi connectivity index (χ1n) is 7.72. The van der Waals surface area contributed by atoms with E-state index in [1.165, 1.54) is 45.1 Å². The molecule has 0 saturated heterocycles. The number of aryl methyl sites for hydroxylation is 1. The van der Waals surface area contributed by atoms with E-state index in [-0.39, 0.29) is 0 Å². The van der Waals surface area contributed by atoms with Crippen LogP contribution in [0.5, 0.6) is 0 Å². The molecule has 0 amide bonds. The largest absolute Gasteiger partial charge is 0.312 e. The van der Waals surface area contributed by atoms with E-state index in [0.717, 1.165) is 17.2 Å². The van der Waals surface area contributed by atoms with Gasteiger partial charge in [0, 0.05) is 17.8 Å². The third-order valence-electron chi connectivity index (χ3n) is 4.88. The molecule has 19 heavy (non-hydrogen) atoms. The minimum absolute atomic E-state index is 0.744. The molecule has 104 valence electrons. The SMILES string of the molecule is CSC1CCCC1NCC1CCCc2ccccc21. The van der Waals surface area contributed by atoms with Crippen LogP contribution in [0.3, 0.4) is 0 Å².